The molecule has 0 aromatic heterocycles. The number of thioether (sulfide) groups is 1. The van der Waals surface area contributed by atoms with E-state index >= 15 is 0 Å². The maximum absolute atomic E-state index is 12.1. The van der Waals surface area contributed by atoms with Crippen molar-refractivity contribution in [1.29, 1.82) is 0 Å². The highest BCUT2D eigenvalue weighted by molar-refractivity contribution is 7.99. The molecule has 98 valence electrons. The molecular weight excluding hydrogens is 234 g/mol. The third-order valence-corrected chi connectivity index (χ3v) is 4.92. The Morgan fingerprint density at radius 1 is 1.24 bits per heavy atom. The van der Waals surface area contributed by atoms with Gasteiger partial charge in [0.15, 0.2) is 0 Å². The van der Waals surface area contributed by atoms with Crippen LogP contribution < -0.4 is 0 Å². The van der Waals surface area contributed by atoms with Gasteiger partial charge in [-0.15, -0.1) is 0 Å². The van der Waals surface area contributed by atoms with Gasteiger partial charge in [-0.25, -0.2) is 4.79 Å². The zero-order chi connectivity index (χ0) is 12.1. The zero-order valence-electron chi connectivity index (χ0n) is 10.7. The van der Waals surface area contributed by atoms with Crippen LogP contribution in [0.25, 0.3) is 0 Å². The molecule has 0 aromatic carbocycles. The summed E-state index contributed by atoms with van der Waals surface area (Å²) < 4.78 is 5.85. The normalized spacial score (nSPS) is 24.4. The summed E-state index contributed by atoms with van der Waals surface area (Å²) in [5.41, 5.74) is -0.153. The van der Waals surface area contributed by atoms with E-state index in [0.717, 1.165) is 43.9 Å². The third-order valence-electron chi connectivity index (χ3n) is 3.98. The highest BCUT2D eigenvalue weighted by atomic mass is 32.2. The van der Waals surface area contributed by atoms with Crippen LogP contribution in [0.2, 0.25) is 0 Å². The summed E-state index contributed by atoms with van der Waals surface area (Å²) in [7, 11) is 0. The maximum Gasteiger partial charge on any atom is 0.410 e. The fourth-order valence-electron chi connectivity index (χ4n) is 2.72. The number of hydrogen-bond acceptors (Lipinski definition) is 3. The predicted octanol–water partition coefficient (Wildman–Crippen LogP) is 3.28. The molecule has 2 aliphatic rings. The molecule has 1 saturated carbocycles. The molecule has 1 saturated heterocycles. The summed E-state index contributed by atoms with van der Waals surface area (Å²) in [4.78, 5) is 14.0. The maximum atomic E-state index is 12.1. The smallest absolute Gasteiger partial charge is 0.410 e. The van der Waals surface area contributed by atoms with Crippen LogP contribution in [0.1, 0.15) is 45.4 Å². The Bertz CT molecular complexity index is 258. The van der Waals surface area contributed by atoms with E-state index in [2.05, 4.69) is 6.92 Å². The van der Waals surface area contributed by atoms with E-state index in [1.807, 2.05) is 16.7 Å². The lowest BCUT2D eigenvalue weighted by Gasteiger charge is -2.38. The van der Waals surface area contributed by atoms with Crippen molar-refractivity contribution >= 4 is 17.9 Å². The molecule has 4 heteroatoms. The van der Waals surface area contributed by atoms with Gasteiger partial charge in [0.05, 0.1) is 0 Å². The first-order chi connectivity index (χ1) is 8.26. The Morgan fingerprint density at radius 2 is 1.88 bits per heavy atom. The average Bonchev–Trinajstić information content (AvgIpc) is 2.41. The van der Waals surface area contributed by atoms with Crippen molar-refractivity contribution in [1.82, 2.24) is 4.90 Å². The van der Waals surface area contributed by atoms with Gasteiger partial charge < -0.3 is 9.64 Å². The molecule has 0 unspecified atom stereocenters. The Hall–Kier alpha value is -0.380. The Kier molecular flexibility index (Phi) is 4.60. The van der Waals surface area contributed by atoms with E-state index in [0.29, 0.717) is 0 Å². The summed E-state index contributed by atoms with van der Waals surface area (Å²) in [5, 5.41) is 0. The second-order valence-corrected chi connectivity index (χ2v) is 6.29. The molecule has 2 fully saturated rings. The van der Waals surface area contributed by atoms with Gasteiger partial charge in [0.1, 0.15) is 5.60 Å². The minimum absolute atomic E-state index is 0.0750. The van der Waals surface area contributed by atoms with E-state index in [1.54, 1.807) is 0 Å². The lowest BCUT2D eigenvalue weighted by Crippen LogP contribution is -2.45. The van der Waals surface area contributed by atoms with Gasteiger partial charge in [0.25, 0.3) is 0 Å². The van der Waals surface area contributed by atoms with Crippen molar-refractivity contribution in [3.05, 3.63) is 0 Å². The molecule has 0 N–H and O–H groups in total. The molecule has 0 spiro atoms. The van der Waals surface area contributed by atoms with Crippen LogP contribution in [0.3, 0.4) is 0 Å². The molecule has 17 heavy (non-hydrogen) atoms. The summed E-state index contributed by atoms with van der Waals surface area (Å²) >= 11 is 1.92. The zero-order valence-corrected chi connectivity index (χ0v) is 11.6. The van der Waals surface area contributed by atoms with Crippen LogP contribution in [0.4, 0.5) is 4.79 Å². The lowest BCUT2D eigenvalue weighted by molar-refractivity contribution is -0.0350. The molecule has 1 amide bonds. The number of carbonyl (C=O) groups excluding carboxylic acids is 1. The van der Waals surface area contributed by atoms with E-state index in [9.17, 15) is 4.79 Å². The van der Waals surface area contributed by atoms with Crippen molar-refractivity contribution in [2.24, 2.45) is 0 Å². The third kappa shape index (κ3) is 3.30. The number of carbonyl (C=O) groups is 1. The van der Waals surface area contributed by atoms with Crippen molar-refractivity contribution in [2.45, 2.75) is 51.0 Å². The average molecular weight is 257 g/mol. The Balaban J connectivity index is 1.90. The molecule has 1 aliphatic heterocycles. The van der Waals surface area contributed by atoms with E-state index in [-0.39, 0.29) is 11.7 Å². The Labute approximate surface area is 108 Å². The van der Waals surface area contributed by atoms with Crippen LogP contribution in [0, 0.1) is 0 Å². The highest BCUT2D eigenvalue weighted by Gasteiger charge is 2.35. The molecule has 0 bridgehead atoms. The minimum Gasteiger partial charge on any atom is -0.443 e. The number of amides is 1. The quantitative estimate of drug-likeness (QED) is 0.760. The van der Waals surface area contributed by atoms with Crippen LogP contribution in [0.15, 0.2) is 0 Å². The molecule has 3 nitrogen and oxygen atoms in total. The van der Waals surface area contributed by atoms with E-state index < -0.39 is 0 Å². The van der Waals surface area contributed by atoms with Crippen LogP contribution >= 0.6 is 11.8 Å². The number of ether oxygens (including phenoxy) is 1. The molecule has 0 radical (unpaired) electrons. The second-order valence-electron chi connectivity index (χ2n) is 5.06. The van der Waals surface area contributed by atoms with E-state index in [4.69, 9.17) is 4.74 Å². The van der Waals surface area contributed by atoms with Crippen LogP contribution in [0.5, 0.6) is 0 Å². The van der Waals surface area contributed by atoms with Gasteiger partial charge in [0.2, 0.25) is 0 Å². The Morgan fingerprint density at radius 3 is 2.47 bits per heavy atom. The van der Waals surface area contributed by atoms with Gasteiger partial charge >= 0.3 is 6.09 Å². The van der Waals surface area contributed by atoms with Gasteiger partial charge in [-0.2, -0.15) is 11.8 Å². The molecule has 0 aromatic rings. The van der Waals surface area contributed by atoms with Gasteiger partial charge in [0, 0.05) is 24.6 Å². The van der Waals surface area contributed by atoms with Crippen molar-refractivity contribution in [3.63, 3.8) is 0 Å². The largest absolute Gasteiger partial charge is 0.443 e. The summed E-state index contributed by atoms with van der Waals surface area (Å²) in [6, 6.07) is 0. The second kappa shape index (κ2) is 5.98. The predicted molar refractivity (Wildman–Crippen MR) is 71.5 cm³/mol. The fraction of sp³-hybridized carbons (Fsp3) is 0.923. The van der Waals surface area contributed by atoms with E-state index in [1.165, 1.54) is 19.3 Å². The molecular formula is C13H23NO2S. The van der Waals surface area contributed by atoms with Crippen LogP contribution in [-0.4, -0.2) is 41.2 Å². The molecule has 1 heterocycles. The fourth-order valence-corrected chi connectivity index (χ4v) is 3.62. The van der Waals surface area contributed by atoms with Crippen molar-refractivity contribution < 1.29 is 9.53 Å². The van der Waals surface area contributed by atoms with Crippen LogP contribution in [-0.2, 0) is 4.74 Å². The minimum atomic E-state index is -0.153. The molecule has 2 rings (SSSR count). The van der Waals surface area contributed by atoms with Crippen molar-refractivity contribution in [3.8, 4) is 0 Å². The van der Waals surface area contributed by atoms with Gasteiger partial charge in [-0.05, 0) is 32.1 Å². The summed E-state index contributed by atoms with van der Waals surface area (Å²) in [5.74, 6) is 2.10. The highest BCUT2D eigenvalue weighted by Crippen LogP contribution is 2.35. The first-order valence-corrected chi connectivity index (χ1v) is 7.97. The lowest BCUT2D eigenvalue weighted by atomic mass is 9.83. The number of hydrogen-bond donors (Lipinski definition) is 0. The van der Waals surface area contributed by atoms with Crippen molar-refractivity contribution in [2.75, 3.05) is 24.6 Å². The first kappa shape index (κ1) is 13.1. The number of nitrogens with zero attached hydrogens (tertiary/aromatic N) is 1. The standard InChI is InChI=1S/C13H23NO2S/c1-2-13(6-4-3-5-7-13)16-12(15)14-8-10-17-11-9-14/h2-11H2,1H3. The molecule has 1 aliphatic carbocycles. The first-order valence-electron chi connectivity index (χ1n) is 6.81. The van der Waals surface area contributed by atoms with Gasteiger partial charge in [-0.1, -0.05) is 13.3 Å². The monoisotopic (exact) mass is 257 g/mol. The summed E-state index contributed by atoms with van der Waals surface area (Å²) in [6.45, 7) is 3.84. The topological polar surface area (TPSA) is 29.5 Å². The number of rotatable bonds is 2. The molecule has 0 atom stereocenters. The SMILES string of the molecule is CCC1(OC(=O)N2CCSCC2)CCCCC1. The summed E-state index contributed by atoms with van der Waals surface area (Å²) in [6.07, 6.45) is 6.69. The van der Waals surface area contributed by atoms with Gasteiger partial charge in [-0.3, -0.25) is 0 Å².